The number of hydrogen-bond acceptors (Lipinski definition) is 6. The van der Waals surface area contributed by atoms with E-state index in [1.165, 1.54) is 36.2 Å². The zero-order chi connectivity index (χ0) is 19.9. The number of aliphatic imine (C=N–C) groups is 2. The van der Waals surface area contributed by atoms with E-state index in [1.807, 2.05) is 6.92 Å². The van der Waals surface area contributed by atoms with Gasteiger partial charge in [-0.3, -0.25) is 19.6 Å². The summed E-state index contributed by atoms with van der Waals surface area (Å²) < 4.78 is 22.8. The van der Waals surface area contributed by atoms with Gasteiger partial charge in [0.15, 0.2) is 0 Å². The molecular formula is C17H19N5O4S. The fraction of sp³-hybridized carbons (Fsp3) is 0.294. The van der Waals surface area contributed by atoms with Crippen molar-refractivity contribution in [2.75, 3.05) is 14.1 Å². The number of benzene rings is 1. The number of fused-ring (bicyclic) bond motifs is 1. The summed E-state index contributed by atoms with van der Waals surface area (Å²) >= 11 is 0. The first-order chi connectivity index (χ1) is 12.6. The number of carbonyl (C=O) groups is 2. The molecule has 3 rings (SSSR count). The van der Waals surface area contributed by atoms with Crippen LogP contribution in [0.1, 0.15) is 13.3 Å². The van der Waals surface area contributed by atoms with E-state index in [0.717, 1.165) is 10.5 Å². The second-order valence-electron chi connectivity index (χ2n) is 6.20. The van der Waals surface area contributed by atoms with Crippen molar-refractivity contribution in [2.24, 2.45) is 21.0 Å². The molecule has 1 aromatic rings. The third kappa shape index (κ3) is 3.28. The molecule has 1 atom stereocenters. The Morgan fingerprint density at radius 2 is 1.78 bits per heavy atom. The van der Waals surface area contributed by atoms with E-state index in [9.17, 15) is 18.0 Å². The summed E-state index contributed by atoms with van der Waals surface area (Å²) in [6.07, 6.45) is 2.20. The van der Waals surface area contributed by atoms with Gasteiger partial charge >= 0.3 is 6.03 Å². The lowest BCUT2D eigenvalue weighted by Crippen LogP contribution is -2.59. The minimum Gasteiger partial charge on any atom is -0.284 e. The molecule has 3 amide bonds. The molecular weight excluding hydrogens is 370 g/mol. The van der Waals surface area contributed by atoms with Crippen molar-refractivity contribution in [3.05, 3.63) is 36.0 Å². The van der Waals surface area contributed by atoms with Crippen LogP contribution in [0, 0.1) is 5.92 Å². The van der Waals surface area contributed by atoms with E-state index in [-0.39, 0.29) is 4.90 Å². The van der Waals surface area contributed by atoms with Crippen LogP contribution in [0.25, 0.3) is 0 Å². The molecule has 9 nitrogen and oxygen atoms in total. The smallest absolute Gasteiger partial charge is 0.284 e. The molecule has 1 aromatic carbocycles. The summed E-state index contributed by atoms with van der Waals surface area (Å²) in [4.78, 5) is 36.1. The number of nitrogens with zero attached hydrogens (tertiary/aromatic N) is 4. The highest BCUT2D eigenvalue weighted by Crippen LogP contribution is 2.29. The molecule has 27 heavy (non-hydrogen) atoms. The SMILES string of the molecule is CCC1=CN=C2C(C(=O)N(C)C(=O)N2C)C1=Nc1ccc(S(N)(=O)=O)cc1. The van der Waals surface area contributed by atoms with E-state index in [1.54, 1.807) is 13.2 Å². The highest BCUT2D eigenvalue weighted by molar-refractivity contribution is 7.89. The van der Waals surface area contributed by atoms with Gasteiger partial charge in [-0.15, -0.1) is 0 Å². The van der Waals surface area contributed by atoms with Crippen molar-refractivity contribution >= 4 is 39.2 Å². The zero-order valence-electron chi connectivity index (χ0n) is 15.1. The number of imide groups is 1. The van der Waals surface area contributed by atoms with E-state index in [0.29, 0.717) is 23.7 Å². The van der Waals surface area contributed by atoms with E-state index in [4.69, 9.17) is 5.14 Å². The van der Waals surface area contributed by atoms with Crippen LogP contribution >= 0.6 is 0 Å². The second kappa shape index (κ2) is 6.71. The highest BCUT2D eigenvalue weighted by Gasteiger charge is 2.45. The van der Waals surface area contributed by atoms with Crippen molar-refractivity contribution in [3.8, 4) is 0 Å². The Morgan fingerprint density at radius 1 is 1.15 bits per heavy atom. The van der Waals surface area contributed by atoms with Crippen LogP contribution in [-0.4, -0.2) is 55.8 Å². The Hall–Kier alpha value is -2.85. The fourth-order valence-electron chi connectivity index (χ4n) is 2.97. The monoisotopic (exact) mass is 389 g/mol. The molecule has 1 saturated heterocycles. The maximum Gasteiger partial charge on any atom is 0.331 e. The van der Waals surface area contributed by atoms with E-state index >= 15 is 0 Å². The maximum atomic E-state index is 12.8. The minimum absolute atomic E-state index is 0.0255. The van der Waals surface area contributed by atoms with Gasteiger partial charge < -0.3 is 0 Å². The normalized spacial score (nSPS) is 21.9. The highest BCUT2D eigenvalue weighted by atomic mass is 32.2. The Bertz CT molecular complexity index is 1010. The lowest BCUT2D eigenvalue weighted by atomic mass is 9.89. The third-order valence-corrected chi connectivity index (χ3v) is 5.43. The Kier molecular flexibility index (Phi) is 4.70. The summed E-state index contributed by atoms with van der Waals surface area (Å²) in [6.45, 7) is 1.91. The van der Waals surface area contributed by atoms with Gasteiger partial charge in [0.2, 0.25) is 15.9 Å². The molecule has 1 fully saturated rings. The average Bonchev–Trinajstić information content (AvgIpc) is 2.64. The van der Waals surface area contributed by atoms with Gasteiger partial charge in [0, 0.05) is 20.3 Å². The molecule has 0 radical (unpaired) electrons. The van der Waals surface area contributed by atoms with Gasteiger partial charge in [-0.05, 0) is 36.3 Å². The lowest BCUT2D eigenvalue weighted by molar-refractivity contribution is -0.128. The van der Waals surface area contributed by atoms with Crippen LogP contribution in [0.4, 0.5) is 10.5 Å². The Morgan fingerprint density at radius 3 is 2.33 bits per heavy atom. The van der Waals surface area contributed by atoms with Crippen molar-refractivity contribution in [3.63, 3.8) is 0 Å². The van der Waals surface area contributed by atoms with Crippen molar-refractivity contribution in [1.82, 2.24) is 9.80 Å². The molecule has 10 heteroatoms. The quantitative estimate of drug-likeness (QED) is 0.835. The molecule has 2 N–H and O–H groups in total. The summed E-state index contributed by atoms with van der Waals surface area (Å²) in [5.74, 6) is -0.883. The van der Waals surface area contributed by atoms with Crippen LogP contribution in [0.2, 0.25) is 0 Å². The van der Waals surface area contributed by atoms with Gasteiger partial charge in [0.05, 0.1) is 16.3 Å². The number of urea groups is 1. The second-order valence-corrected chi connectivity index (χ2v) is 7.76. The minimum atomic E-state index is -3.80. The number of hydrogen-bond donors (Lipinski definition) is 1. The number of amidine groups is 1. The first-order valence-electron chi connectivity index (χ1n) is 8.19. The van der Waals surface area contributed by atoms with Crippen LogP contribution in [0.15, 0.2) is 50.9 Å². The molecule has 0 aliphatic carbocycles. The topological polar surface area (TPSA) is 126 Å². The molecule has 0 aromatic heterocycles. The Labute approximate surface area is 156 Å². The van der Waals surface area contributed by atoms with Crippen molar-refractivity contribution < 1.29 is 18.0 Å². The van der Waals surface area contributed by atoms with E-state index < -0.39 is 27.9 Å². The molecule has 2 heterocycles. The van der Waals surface area contributed by atoms with Crippen molar-refractivity contribution in [2.45, 2.75) is 18.2 Å². The molecule has 0 spiro atoms. The molecule has 142 valence electrons. The molecule has 0 saturated carbocycles. The zero-order valence-corrected chi connectivity index (χ0v) is 15.9. The number of carbonyl (C=O) groups excluding carboxylic acids is 2. The third-order valence-electron chi connectivity index (χ3n) is 4.50. The predicted octanol–water partition coefficient (Wildman–Crippen LogP) is 1.25. The van der Waals surface area contributed by atoms with Gasteiger partial charge in [-0.25, -0.2) is 23.3 Å². The fourth-order valence-corrected chi connectivity index (χ4v) is 3.48. The van der Waals surface area contributed by atoms with Gasteiger partial charge in [-0.1, -0.05) is 6.92 Å². The number of primary sulfonamides is 1. The number of amides is 3. The first-order valence-corrected chi connectivity index (χ1v) is 9.73. The van der Waals surface area contributed by atoms with Crippen LogP contribution < -0.4 is 5.14 Å². The summed E-state index contributed by atoms with van der Waals surface area (Å²) in [7, 11) is -0.827. The summed E-state index contributed by atoms with van der Waals surface area (Å²) in [5.41, 5.74) is 1.72. The largest absolute Gasteiger partial charge is 0.331 e. The van der Waals surface area contributed by atoms with Gasteiger partial charge in [0.1, 0.15) is 11.8 Å². The van der Waals surface area contributed by atoms with Crippen LogP contribution in [0.5, 0.6) is 0 Å². The van der Waals surface area contributed by atoms with Gasteiger partial charge in [-0.2, -0.15) is 0 Å². The number of sulfonamides is 1. The number of rotatable bonds is 3. The maximum absolute atomic E-state index is 12.8. The molecule has 1 unspecified atom stereocenters. The predicted molar refractivity (Wildman–Crippen MR) is 100 cm³/mol. The van der Waals surface area contributed by atoms with Crippen LogP contribution in [0.3, 0.4) is 0 Å². The molecule has 2 aliphatic rings. The van der Waals surface area contributed by atoms with Crippen molar-refractivity contribution in [1.29, 1.82) is 0 Å². The van der Waals surface area contributed by atoms with E-state index in [2.05, 4.69) is 9.98 Å². The lowest BCUT2D eigenvalue weighted by Gasteiger charge is -2.37. The Balaban J connectivity index is 2.08. The number of nitrogens with two attached hydrogens (primary N) is 1. The summed E-state index contributed by atoms with van der Waals surface area (Å²) in [5, 5.41) is 5.11. The number of allylic oxidation sites excluding steroid dienone is 1. The van der Waals surface area contributed by atoms with Crippen LogP contribution in [-0.2, 0) is 14.8 Å². The first kappa shape index (κ1) is 18.9. The summed E-state index contributed by atoms with van der Waals surface area (Å²) in [6, 6.07) is 5.27. The standard InChI is InChI=1S/C17H19N5O4S/c1-4-10-9-19-15-13(16(23)22(3)17(24)21(15)2)14(10)20-11-5-7-12(8-6-11)27(18,25)26/h5-9,13H,4H2,1-3H3,(H2,18,25,26). The molecule has 0 bridgehead atoms. The average molecular weight is 389 g/mol. The molecule has 2 aliphatic heterocycles. The van der Waals surface area contributed by atoms with Gasteiger partial charge in [0.25, 0.3) is 0 Å².